The smallest absolute Gasteiger partial charge is 0.269 e. The van der Waals surface area contributed by atoms with E-state index in [0.29, 0.717) is 10.7 Å². The van der Waals surface area contributed by atoms with Crippen molar-refractivity contribution in [2.45, 2.75) is 15.5 Å². The fraction of sp³-hybridized carbons (Fsp3) is 0.150. The number of nitrogens with one attached hydrogen (secondary N) is 1. The van der Waals surface area contributed by atoms with Gasteiger partial charge in [0.25, 0.3) is 5.69 Å². The fourth-order valence-electron chi connectivity index (χ4n) is 3.27. The zero-order chi connectivity index (χ0) is 23.8. The molecular weight excluding hydrogens is 492 g/mol. The Bertz CT molecular complexity index is 1340. The SMILES string of the molecule is O=C(Nc1ncc(S(=O)(=O)c2ccc([N+](=O)[O-])cc2)s1)C1CC(=O)N(c2ccc(Cl)cc2)C1. The molecule has 1 saturated heterocycles. The van der Waals surface area contributed by atoms with Gasteiger partial charge in [0.1, 0.15) is 4.21 Å². The zero-order valence-corrected chi connectivity index (χ0v) is 19.1. The molecule has 4 rings (SSSR count). The number of carbonyl (C=O) groups is 2. The summed E-state index contributed by atoms with van der Waals surface area (Å²) in [6.07, 6.45) is 1.12. The summed E-state index contributed by atoms with van der Waals surface area (Å²) in [5, 5.41) is 13.9. The molecule has 1 fully saturated rings. The molecule has 2 amide bonds. The number of amides is 2. The molecule has 1 aromatic heterocycles. The van der Waals surface area contributed by atoms with Crippen LogP contribution in [0.5, 0.6) is 0 Å². The van der Waals surface area contributed by atoms with E-state index in [1.165, 1.54) is 4.90 Å². The number of sulfone groups is 1. The second-order valence-corrected chi connectivity index (χ2v) is 10.8. The Morgan fingerprint density at radius 3 is 2.48 bits per heavy atom. The fourth-order valence-corrected chi connectivity index (χ4v) is 5.83. The first-order valence-corrected chi connectivity index (χ1v) is 12.1. The Kier molecular flexibility index (Phi) is 6.15. The molecule has 1 aliphatic rings. The van der Waals surface area contributed by atoms with E-state index in [0.717, 1.165) is 41.8 Å². The standard InChI is InChI=1S/C20H15ClN4O6S2/c21-13-1-3-14(4-2-13)24-11-12(9-17(24)26)19(27)23-20-22-10-18(32-20)33(30,31)16-7-5-15(6-8-16)25(28)29/h1-8,10,12H,9,11H2,(H,22,23,27). The topological polar surface area (TPSA) is 140 Å². The first-order chi connectivity index (χ1) is 15.6. The Labute approximate surface area is 196 Å². The van der Waals surface area contributed by atoms with Crippen molar-refractivity contribution in [2.75, 3.05) is 16.8 Å². The summed E-state index contributed by atoms with van der Waals surface area (Å²) in [6, 6.07) is 11.2. The van der Waals surface area contributed by atoms with Crippen LogP contribution in [-0.4, -0.2) is 36.7 Å². The lowest BCUT2D eigenvalue weighted by molar-refractivity contribution is -0.384. The van der Waals surface area contributed by atoms with Crippen LogP contribution in [0.15, 0.2) is 63.8 Å². The summed E-state index contributed by atoms with van der Waals surface area (Å²) in [5.74, 6) is -1.29. The third kappa shape index (κ3) is 4.72. The maximum absolute atomic E-state index is 12.8. The van der Waals surface area contributed by atoms with Crippen LogP contribution < -0.4 is 10.2 Å². The first kappa shape index (κ1) is 22.8. The Morgan fingerprint density at radius 1 is 1.18 bits per heavy atom. The number of hydrogen-bond donors (Lipinski definition) is 1. The molecule has 13 heteroatoms. The number of hydrogen-bond acceptors (Lipinski definition) is 8. The molecule has 170 valence electrons. The van der Waals surface area contributed by atoms with Crippen LogP contribution in [0.3, 0.4) is 0 Å². The number of carbonyl (C=O) groups excluding carboxylic acids is 2. The van der Waals surface area contributed by atoms with E-state index < -0.39 is 26.6 Å². The van der Waals surface area contributed by atoms with E-state index in [2.05, 4.69) is 10.3 Å². The number of benzene rings is 2. The summed E-state index contributed by atoms with van der Waals surface area (Å²) < 4.78 is 25.4. The van der Waals surface area contributed by atoms with E-state index in [-0.39, 0.29) is 38.8 Å². The second-order valence-electron chi connectivity index (χ2n) is 7.11. The number of nitrogens with zero attached hydrogens (tertiary/aromatic N) is 3. The van der Waals surface area contributed by atoms with Gasteiger partial charge in [0.15, 0.2) is 5.13 Å². The minimum Gasteiger partial charge on any atom is -0.312 e. The molecule has 1 N–H and O–H groups in total. The first-order valence-electron chi connectivity index (χ1n) is 9.47. The zero-order valence-electron chi connectivity index (χ0n) is 16.7. The summed E-state index contributed by atoms with van der Waals surface area (Å²) in [4.78, 5) is 40.5. The minimum atomic E-state index is -3.96. The Morgan fingerprint density at radius 2 is 1.85 bits per heavy atom. The van der Waals surface area contributed by atoms with E-state index >= 15 is 0 Å². The minimum absolute atomic E-state index is 0.00772. The van der Waals surface area contributed by atoms with Gasteiger partial charge < -0.3 is 10.2 Å². The summed E-state index contributed by atoms with van der Waals surface area (Å²) in [7, 11) is -3.96. The number of nitro groups is 1. The number of non-ortho nitro benzene ring substituents is 1. The molecule has 0 spiro atoms. The van der Waals surface area contributed by atoms with Gasteiger partial charge in [-0.05, 0) is 36.4 Å². The lowest BCUT2D eigenvalue weighted by Crippen LogP contribution is -2.28. The van der Waals surface area contributed by atoms with Gasteiger partial charge in [0.05, 0.1) is 21.9 Å². The molecule has 1 atom stereocenters. The van der Waals surface area contributed by atoms with Crippen LogP contribution in [0, 0.1) is 16.0 Å². The van der Waals surface area contributed by atoms with Crippen LogP contribution in [0.2, 0.25) is 5.02 Å². The molecular formula is C20H15ClN4O6S2. The normalized spacial score (nSPS) is 16.1. The Hall–Kier alpha value is -3.35. The summed E-state index contributed by atoms with van der Waals surface area (Å²) >= 11 is 6.63. The number of halogens is 1. The predicted octanol–water partition coefficient (Wildman–Crippen LogP) is 3.53. The van der Waals surface area contributed by atoms with Gasteiger partial charge in [0, 0.05) is 35.8 Å². The average Bonchev–Trinajstić information content (AvgIpc) is 3.41. The van der Waals surface area contributed by atoms with Crippen LogP contribution in [0.25, 0.3) is 0 Å². The molecule has 2 aromatic carbocycles. The van der Waals surface area contributed by atoms with Crippen LogP contribution in [0.1, 0.15) is 6.42 Å². The number of thiazole rings is 1. The van der Waals surface area contributed by atoms with Crippen molar-refractivity contribution in [3.8, 4) is 0 Å². The van der Waals surface area contributed by atoms with Gasteiger partial charge in [0.2, 0.25) is 21.7 Å². The third-order valence-electron chi connectivity index (χ3n) is 4.97. The lowest BCUT2D eigenvalue weighted by atomic mass is 10.1. The highest BCUT2D eigenvalue weighted by atomic mass is 35.5. The van der Waals surface area contributed by atoms with Crippen LogP contribution in [-0.2, 0) is 19.4 Å². The molecule has 10 nitrogen and oxygen atoms in total. The number of anilines is 2. The molecule has 0 aliphatic carbocycles. The van der Waals surface area contributed by atoms with Crippen molar-refractivity contribution in [1.29, 1.82) is 0 Å². The number of rotatable bonds is 6. The maximum atomic E-state index is 12.8. The van der Waals surface area contributed by atoms with Crippen molar-refractivity contribution in [1.82, 2.24) is 4.98 Å². The lowest BCUT2D eigenvalue weighted by Gasteiger charge is -2.16. The van der Waals surface area contributed by atoms with Gasteiger partial charge in [-0.25, -0.2) is 13.4 Å². The maximum Gasteiger partial charge on any atom is 0.269 e. The predicted molar refractivity (Wildman–Crippen MR) is 121 cm³/mol. The molecule has 0 bridgehead atoms. The third-order valence-corrected chi connectivity index (χ3v) is 8.37. The highest BCUT2D eigenvalue weighted by Crippen LogP contribution is 2.31. The van der Waals surface area contributed by atoms with Crippen molar-refractivity contribution in [3.05, 3.63) is 69.9 Å². The van der Waals surface area contributed by atoms with E-state index in [9.17, 15) is 28.1 Å². The van der Waals surface area contributed by atoms with E-state index in [1.807, 2.05) is 0 Å². The summed E-state index contributed by atoms with van der Waals surface area (Å²) in [6.45, 7) is 0.172. The molecule has 2 heterocycles. The molecule has 33 heavy (non-hydrogen) atoms. The van der Waals surface area contributed by atoms with Gasteiger partial charge in [-0.2, -0.15) is 0 Å². The molecule has 0 saturated carbocycles. The summed E-state index contributed by atoms with van der Waals surface area (Å²) in [5.41, 5.74) is 0.399. The number of aromatic nitrogens is 1. The second kappa shape index (κ2) is 8.89. The van der Waals surface area contributed by atoms with Gasteiger partial charge in [-0.1, -0.05) is 22.9 Å². The van der Waals surface area contributed by atoms with Crippen molar-refractivity contribution < 1.29 is 22.9 Å². The van der Waals surface area contributed by atoms with E-state index in [4.69, 9.17) is 11.6 Å². The quantitative estimate of drug-likeness (QED) is 0.398. The monoisotopic (exact) mass is 506 g/mol. The van der Waals surface area contributed by atoms with Crippen molar-refractivity contribution in [3.63, 3.8) is 0 Å². The van der Waals surface area contributed by atoms with Crippen molar-refractivity contribution >= 4 is 61.1 Å². The number of nitro benzene ring substituents is 1. The Balaban J connectivity index is 1.45. The molecule has 1 unspecified atom stereocenters. The van der Waals surface area contributed by atoms with E-state index in [1.54, 1.807) is 24.3 Å². The van der Waals surface area contributed by atoms with Crippen LogP contribution >= 0.6 is 22.9 Å². The molecule has 0 radical (unpaired) electrons. The van der Waals surface area contributed by atoms with Gasteiger partial charge in [-0.15, -0.1) is 0 Å². The highest BCUT2D eigenvalue weighted by molar-refractivity contribution is 7.93. The average molecular weight is 507 g/mol. The highest BCUT2D eigenvalue weighted by Gasteiger charge is 2.35. The molecule has 1 aliphatic heterocycles. The largest absolute Gasteiger partial charge is 0.312 e. The van der Waals surface area contributed by atoms with Gasteiger partial charge in [-0.3, -0.25) is 19.7 Å². The molecule has 3 aromatic rings. The van der Waals surface area contributed by atoms with Gasteiger partial charge >= 0.3 is 0 Å². The van der Waals surface area contributed by atoms with Crippen molar-refractivity contribution in [2.24, 2.45) is 5.92 Å². The van der Waals surface area contributed by atoms with Crippen LogP contribution in [0.4, 0.5) is 16.5 Å².